The van der Waals surface area contributed by atoms with Crippen molar-refractivity contribution in [3.63, 3.8) is 0 Å². The van der Waals surface area contributed by atoms with Gasteiger partial charge in [-0.3, -0.25) is 4.79 Å². The third kappa shape index (κ3) is 2.20. The van der Waals surface area contributed by atoms with E-state index in [1.807, 2.05) is 36.4 Å². The number of fused-ring (bicyclic) bond motifs is 1. The molecule has 0 atom stereocenters. The highest BCUT2D eigenvalue weighted by molar-refractivity contribution is 6.03. The summed E-state index contributed by atoms with van der Waals surface area (Å²) in [6, 6.07) is 11.9. The van der Waals surface area contributed by atoms with E-state index in [-0.39, 0.29) is 5.41 Å². The summed E-state index contributed by atoms with van der Waals surface area (Å²) in [4.78, 5) is 12.7. The smallest absolute Gasteiger partial charge is 0.168 e. The van der Waals surface area contributed by atoms with Crippen LogP contribution in [0.5, 0.6) is 5.75 Å². The number of methoxy groups -OCH3 is 1. The molecule has 3 rings (SSSR count). The second-order valence-electron chi connectivity index (χ2n) is 6.02. The van der Waals surface area contributed by atoms with E-state index in [9.17, 15) is 4.79 Å². The highest BCUT2D eigenvalue weighted by Crippen LogP contribution is 2.40. The maximum atomic E-state index is 12.7. The second-order valence-corrected chi connectivity index (χ2v) is 6.02. The van der Waals surface area contributed by atoms with Crippen LogP contribution in [0.15, 0.2) is 36.4 Å². The maximum Gasteiger partial charge on any atom is 0.168 e. The molecule has 0 heterocycles. The predicted molar refractivity (Wildman–Crippen MR) is 81.4 cm³/mol. The zero-order valence-corrected chi connectivity index (χ0v) is 12.1. The Morgan fingerprint density at radius 1 is 1.05 bits per heavy atom. The number of hydrogen-bond donors (Lipinski definition) is 0. The molecule has 2 heteroatoms. The Labute approximate surface area is 119 Å². The quantitative estimate of drug-likeness (QED) is 0.760. The minimum atomic E-state index is -0.153. The average Bonchev–Trinajstić information content (AvgIpc) is 2.93. The fourth-order valence-electron chi connectivity index (χ4n) is 3.22. The standard InChI is InChI=1S/C18H20O2/c1-18(9-3-4-10-18)17(19)15-6-5-14-12-16(20-2)8-7-13(14)11-15/h5-8,11-12H,3-4,9-10H2,1-2H3. The number of ether oxygens (including phenoxy) is 1. The van der Waals surface area contributed by atoms with Crippen molar-refractivity contribution in [2.75, 3.05) is 7.11 Å². The van der Waals surface area contributed by atoms with Crippen molar-refractivity contribution in [1.82, 2.24) is 0 Å². The van der Waals surface area contributed by atoms with Crippen molar-refractivity contribution >= 4 is 16.6 Å². The summed E-state index contributed by atoms with van der Waals surface area (Å²) < 4.78 is 5.23. The maximum absolute atomic E-state index is 12.7. The summed E-state index contributed by atoms with van der Waals surface area (Å²) in [5.41, 5.74) is 0.687. The highest BCUT2D eigenvalue weighted by Gasteiger charge is 2.36. The lowest BCUT2D eigenvalue weighted by Gasteiger charge is -2.21. The third-order valence-electron chi connectivity index (χ3n) is 4.56. The van der Waals surface area contributed by atoms with Crippen molar-refractivity contribution in [3.05, 3.63) is 42.0 Å². The highest BCUT2D eigenvalue weighted by atomic mass is 16.5. The molecular formula is C18H20O2. The van der Waals surface area contributed by atoms with Crippen LogP contribution in [0, 0.1) is 5.41 Å². The normalized spacial score (nSPS) is 17.3. The van der Waals surface area contributed by atoms with E-state index in [4.69, 9.17) is 4.74 Å². The molecule has 0 radical (unpaired) electrons. The van der Waals surface area contributed by atoms with Gasteiger partial charge in [0.05, 0.1) is 7.11 Å². The Hall–Kier alpha value is -1.83. The predicted octanol–water partition coefficient (Wildman–Crippen LogP) is 4.61. The minimum Gasteiger partial charge on any atom is -0.497 e. The van der Waals surface area contributed by atoms with E-state index in [1.54, 1.807) is 7.11 Å². The van der Waals surface area contributed by atoms with Crippen molar-refractivity contribution in [2.45, 2.75) is 32.6 Å². The topological polar surface area (TPSA) is 26.3 Å². The molecule has 2 aromatic carbocycles. The van der Waals surface area contributed by atoms with Crippen LogP contribution in [0.1, 0.15) is 43.0 Å². The van der Waals surface area contributed by atoms with E-state index in [0.717, 1.165) is 34.9 Å². The van der Waals surface area contributed by atoms with Crippen molar-refractivity contribution < 1.29 is 9.53 Å². The summed E-state index contributed by atoms with van der Waals surface area (Å²) >= 11 is 0. The molecule has 0 N–H and O–H groups in total. The average molecular weight is 268 g/mol. The van der Waals surface area contributed by atoms with E-state index in [0.29, 0.717) is 5.78 Å². The van der Waals surface area contributed by atoms with Gasteiger partial charge in [0, 0.05) is 11.0 Å². The van der Waals surface area contributed by atoms with Gasteiger partial charge in [0.2, 0.25) is 0 Å². The lowest BCUT2D eigenvalue weighted by Crippen LogP contribution is -2.24. The molecule has 1 aliphatic carbocycles. The molecule has 104 valence electrons. The first-order valence-electron chi connectivity index (χ1n) is 7.25. The zero-order chi connectivity index (χ0) is 14.2. The van der Waals surface area contributed by atoms with Crippen LogP contribution in [0.2, 0.25) is 0 Å². The fraction of sp³-hybridized carbons (Fsp3) is 0.389. The van der Waals surface area contributed by atoms with Gasteiger partial charge in [-0.25, -0.2) is 0 Å². The third-order valence-corrected chi connectivity index (χ3v) is 4.56. The van der Waals surface area contributed by atoms with Gasteiger partial charge in [-0.05, 0) is 41.8 Å². The van der Waals surface area contributed by atoms with Gasteiger partial charge in [0.25, 0.3) is 0 Å². The molecule has 0 bridgehead atoms. The van der Waals surface area contributed by atoms with Crippen LogP contribution in [-0.4, -0.2) is 12.9 Å². The van der Waals surface area contributed by atoms with Gasteiger partial charge >= 0.3 is 0 Å². The van der Waals surface area contributed by atoms with Gasteiger partial charge in [-0.15, -0.1) is 0 Å². The zero-order valence-electron chi connectivity index (χ0n) is 12.1. The molecule has 1 fully saturated rings. The van der Waals surface area contributed by atoms with E-state index in [2.05, 4.69) is 6.92 Å². The van der Waals surface area contributed by atoms with Crippen LogP contribution in [0.25, 0.3) is 10.8 Å². The summed E-state index contributed by atoms with van der Waals surface area (Å²) in [5.74, 6) is 1.15. The van der Waals surface area contributed by atoms with E-state index >= 15 is 0 Å². The first kappa shape index (κ1) is 13.2. The lowest BCUT2D eigenvalue weighted by atomic mass is 9.80. The molecule has 0 aliphatic heterocycles. The van der Waals surface area contributed by atoms with Crippen LogP contribution in [0.3, 0.4) is 0 Å². The Balaban J connectivity index is 1.98. The molecule has 2 aromatic rings. The van der Waals surface area contributed by atoms with Crippen LogP contribution in [0.4, 0.5) is 0 Å². The first-order chi connectivity index (χ1) is 9.62. The molecule has 20 heavy (non-hydrogen) atoms. The molecule has 1 aliphatic rings. The largest absolute Gasteiger partial charge is 0.497 e. The molecule has 2 nitrogen and oxygen atoms in total. The number of rotatable bonds is 3. The molecule has 0 saturated heterocycles. The van der Waals surface area contributed by atoms with Gasteiger partial charge in [0.1, 0.15) is 5.75 Å². The molecular weight excluding hydrogens is 248 g/mol. The van der Waals surface area contributed by atoms with Gasteiger partial charge in [-0.2, -0.15) is 0 Å². The summed E-state index contributed by atoms with van der Waals surface area (Å²) in [6.45, 7) is 2.11. The van der Waals surface area contributed by atoms with Crippen LogP contribution < -0.4 is 4.74 Å². The number of carbonyl (C=O) groups excluding carboxylic acids is 1. The number of benzene rings is 2. The SMILES string of the molecule is COc1ccc2cc(C(=O)C3(C)CCCC3)ccc2c1. The fourth-order valence-corrected chi connectivity index (χ4v) is 3.22. The minimum absolute atomic E-state index is 0.153. The first-order valence-corrected chi connectivity index (χ1v) is 7.25. The molecule has 0 amide bonds. The number of ketones is 1. The second kappa shape index (κ2) is 4.93. The van der Waals surface area contributed by atoms with Crippen molar-refractivity contribution in [1.29, 1.82) is 0 Å². The van der Waals surface area contributed by atoms with Crippen LogP contribution in [-0.2, 0) is 0 Å². The van der Waals surface area contributed by atoms with Gasteiger partial charge < -0.3 is 4.74 Å². The van der Waals surface area contributed by atoms with Crippen molar-refractivity contribution in [3.8, 4) is 5.75 Å². The Kier molecular flexibility index (Phi) is 3.25. The van der Waals surface area contributed by atoms with Crippen molar-refractivity contribution in [2.24, 2.45) is 5.41 Å². The molecule has 0 unspecified atom stereocenters. The van der Waals surface area contributed by atoms with Gasteiger partial charge in [0.15, 0.2) is 5.78 Å². The summed E-state index contributed by atoms with van der Waals surface area (Å²) in [5, 5.41) is 2.20. The Morgan fingerprint density at radius 2 is 1.70 bits per heavy atom. The molecule has 0 spiro atoms. The van der Waals surface area contributed by atoms with Gasteiger partial charge in [-0.1, -0.05) is 38.0 Å². The summed E-state index contributed by atoms with van der Waals surface area (Å²) in [7, 11) is 1.67. The molecule has 0 aromatic heterocycles. The Bertz CT molecular complexity index is 652. The number of carbonyl (C=O) groups is 1. The molecule has 1 saturated carbocycles. The van der Waals surface area contributed by atoms with E-state index < -0.39 is 0 Å². The monoisotopic (exact) mass is 268 g/mol. The summed E-state index contributed by atoms with van der Waals surface area (Å²) in [6.07, 6.45) is 4.39. The van der Waals surface area contributed by atoms with E-state index in [1.165, 1.54) is 12.8 Å². The van der Waals surface area contributed by atoms with Crippen LogP contribution >= 0.6 is 0 Å². The number of Topliss-reactive ketones (excluding diaryl/α,β-unsaturated/α-hetero) is 1. The number of hydrogen-bond acceptors (Lipinski definition) is 2. The Morgan fingerprint density at radius 3 is 2.40 bits per heavy atom. The lowest BCUT2D eigenvalue weighted by molar-refractivity contribution is 0.0823.